The zero-order chi connectivity index (χ0) is 15.0. The molecule has 0 atom stereocenters. The molecule has 0 saturated carbocycles. The fourth-order valence-corrected chi connectivity index (χ4v) is 2.44. The Balaban J connectivity index is 2.15. The third-order valence-corrected chi connectivity index (χ3v) is 3.66. The molecule has 21 heavy (non-hydrogen) atoms. The normalized spacial score (nSPS) is 11.5. The van der Waals surface area contributed by atoms with Gasteiger partial charge in [-0.1, -0.05) is 51.1 Å². The summed E-state index contributed by atoms with van der Waals surface area (Å²) in [6.45, 7) is 6.59. The average molecular weight is 275 g/mol. The minimum atomic E-state index is 0.130. The van der Waals surface area contributed by atoms with Gasteiger partial charge in [-0.15, -0.1) is 0 Å². The Hall–Kier alpha value is -2.60. The van der Waals surface area contributed by atoms with Crippen LogP contribution in [-0.4, -0.2) is 9.38 Å². The Kier molecular flexibility index (Phi) is 3.03. The van der Waals surface area contributed by atoms with Gasteiger partial charge in [0.15, 0.2) is 5.69 Å². The van der Waals surface area contributed by atoms with Crippen LogP contribution in [0.25, 0.3) is 16.9 Å². The summed E-state index contributed by atoms with van der Waals surface area (Å²) < 4.78 is 1.96. The van der Waals surface area contributed by atoms with Crippen LogP contribution in [-0.2, 0) is 5.41 Å². The lowest BCUT2D eigenvalue weighted by molar-refractivity contribution is 0.590. The summed E-state index contributed by atoms with van der Waals surface area (Å²) in [7, 11) is 0. The number of imidazole rings is 1. The maximum atomic E-state index is 9.22. The molecule has 104 valence electrons. The summed E-state index contributed by atoms with van der Waals surface area (Å²) >= 11 is 0. The van der Waals surface area contributed by atoms with Gasteiger partial charge < -0.3 is 0 Å². The van der Waals surface area contributed by atoms with E-state index < -0.39 is 0 Å². The van der Waals surface area contributed by atoms with Gasteiger partial charge in [-0.2, -0.15) is 5.26 Å². The predicted molar refractivity (Wildman–Crippen MR) is 84.0 cm³/mol. The van der Waals surface area contributed by atoms with E-state index >= 15 is 0 Å². The number of pyridine rings is 1. The summed E-state index contributed by atoms with van der Waals surface area (Å²) in [6, 6.07) is 16.4. The molecule has 0 amide bonds. The number of hydrogen-bond donors (Lipinski definition) is 0. The highest BCUT2D eigenvalue weighted by Gasteiger charge is 2.15. The van der Waals surface area contributed by atoms with Gasteiger partial charge in [0.25, 0.3) is 0 Å². The molecule has 1 aromatic carbocycles. The molecule has 3 aromatic rings. The van der Waals surface area contributed by atoms with Crippen LogP contribution in [0, 0.1) is 11.3 Å². The molecule has 2 heterocycles. The van der Waals surface area contributed by atoms with Crippen molar-refractivity contribution in [2.45, 2.75) is 26.2 Å². The molecule has 3 rings (SSSR count). The van der Waals surface area contributed by atoms with Gasteiger partial charge in [-0.05, 0) is 23.1 Å². The van der Waals surface area contributed by atoms with Gasteiger partial charge in [0.2, 0.25) is 0 Å². The first-order chi connectivity index (χ1) is 10.0. The number of nitriles is 1. The monoisotopic (exact) mass is 275 g/mol. The summed E-state index contributed by atoms with van der Waals surface area (Å²) in [5.74, 6) is 0.808. The van der Waals surface area contributed by atoms with Crippen molar-refractivity contribution in [2.75, 3.05) is 0 Å². The van der Waals surface area contributed by atoms with Crippen LogP contribution in [0.4, 0.5) is 0 Å². The average Bonchev–Trinajstić information content (AvgIpc) is 2.85. The van der Waals surface area contributed by atoms with Crippen LogP contribution in [0.5, 0.6) is 0 Å². The van der Waals surface area contributed by atoms with E-state index in [4.69, 9.17) is 0 Å². The Morgan fingerprint density at radius 3 is 2.38 bits per heavy atom. The van der Waals surface area contributed by atoms with Crippen molar-refractivity contribution in [3.8, 4) is 17.5 Å². The molecule has 3 heteroatoms. The maximum absolute atomic E-state index is 9.22. The van der Waals surface area contributed by atoms with E-state index in [0.717, 1.165) is 16.9 Å². The van der Waals surface area contributed by atoms with Crippen molar-refractivity contribution in [3.63, 3.8) is 0 Å². The second kappa shape index (κ2) is 4.75. The number of aromatic nitrogens is 2. The number of fused-ring (bicyclic) bond motifs is 1. The fraction of sp³-hybridized carbons (Fsp3) is 0.222. The van der Waals surface area contributed by atoms with Gasteiger partial charge >= 0.3 is 0 Å². The van der Waals surface area contributed by atoms with E-state index in [1.807, 2.05) is 28.8 Å². The molecule has 3 nitrogen and oxygen atoms in total. The Bertz CT molecular complexity index is 828. The lowest BCUT2D eigenvalue weighted by atomic mass is 9.87. The van der Waals surface area contributed by atoms with Crippen molar-refractivity contribution in [2.24, 2.45) is 0 Å². The van der Waals surface area contributed by atoms with Crippen molar-refractivity contribution < 1.29 is 0 Å². The maximum Gasteiger partial charge on any atom is 0.166 e. The third kappa shape index (κ3) is 2.30. The lowest BCUT2D eigenvalue weighted by Crippen LogP contribution is -2.10. The molecule has 0 spiro atoms. The molecule has 0 N–H and O–H groups in total. The van der Waals surface area contributed by atoms with Crippen molar-refractivity contribution in [1.82, 2.24) is 9.38 Å². The molecule has 0 aliphatic rings. The van der Waals surface area contributed by atoms with E-state index in [0.29, 0.717) is 5.69 Å². The molecule has 0 aliphatic carbocycles. The summed E-state index contributed by atoms with van der Waals surface area (Å²) in [5, 5.41) is 9.22. The standard InChI is InChI=1S/C18H17N3/c1-18(2,3)14-9-7-13(8-10-14)17-20-15(12-19)16-6-4-5-11-21(16)17/h4-11H,1-3H3. The molecule has 0 aliphatic heterocycles. The SMILES string of the molecule is CC(C)(C)c1ccc(-c2nc(C#N)c3ccccn23)cc1. The van der Waals surface area contributed by atoms with Crippen LogP contribution in [0.3, 0.4) is 0 Å². The number of rotatable bonds is 1. The molecule has 0 bridgehead atoms. The van der Waals surface area contributed by atoms with Gasteiger partial charge in [-0.3, -0.25) is 4.40 Å². The summed E-state index contributed by atoms with van der Waals surface area (Å²) in [6.07, 6.45) is 1.94. The number of hydrogen-bond acceptors (Lipinski definition) is 2. The van der Waals surface area contributed by atoms with Crippen molar-refractivity contribution in [3.05, 3.63) is 59.9 Å². The van der Waals surface area contributed by atoms with Crippen LogP contribution < -0.4 is 0 Å². The first-order valence-electron chi connectivity index (χ1n) is 6.99. The summed E-state index contributed by atoms with van der Waals surface area (Å²) in [4.78, 5) is 4.47. The molecule has 0 saturated heterocycles. The minimum absolute atomic E-state index is 0.130. The Labute approximate surface area is 124 Å². The first-order valence-corrected chi connectivity index (χ1v) is 6.99. The zero-order valence-electron chi connectivity index (χ0n) is 12.5. The minimum Gasteiger partial charge on any atom is -0.298 e. The molecule has 0 unspecified atom stereocenters. The highest BCUT2D eigenvalue weighted by molar-refractivity contribution is 5.68. The highest BCUT2D eigenvalue weighted by Crippen LogP contribution is 2.27. The largest absolute Gasteiger partial charge is 0.298 e. The van der Waals surface area contributed by atoms with Crippen LogP contribution in [0.15, 0.2) is 48.7 Å². The topological polar surface area (TPSA) is 41.1 Å². The van der Waals surface area contributed by atoms with Gasteiger partial charge in [-0.25, -0.2) is 4.98 Å². The third-order valence-electron chi connectivity index (χ3n) is 3.66. The van der Waals surface area contributed by atoms with E-state index in [-0.39, 0.29) is 5.41 Å². The number of nitrogens with zero attached hydrogens (tertiary/aromatic N) is 3. The summed E-state index contributed by atoms with van der Waals surface area (Å²) in [5.41, 5.74) is 3.74. The molecular weight excluding hydrogens is 258 g/mol. The van der Waals surface area contributed by atoms with Crippen molar-refractivity contribution in [1.29, 1.82) is 5.26 Å². The van der Waals surface area contributed by atoms with E-state index in [2.05, 4.69) is 56.1 Å². The highest BCUT2D eigenvalue weighted by atomic mass is 15.0. The molecular formula is C18H17N3. The number of benzene rings is 1. The molecule has 0 radical (unpaired) electrons. The molecule has 0 fully saturated rings. The molecule has 2 aromatic heterocycles. The second-order valence-corrected chi connectivity index (χ2v) is 6.18. The van der Waals surface area contributed by atoms with Crippen LogP contribution in [0.1, 0.15) is 32.0 Å². The van der Waals surface area contributed by atoms with Crippen LogP contribution in [0.2, 0.25) is 0 Å². The second-order valence-electron chi connectivity index (χ2n) is 6.18. The smallest absolute Gasteiger partial charge is 0.166 e. The van der Waals surface area contributed by atoms with E-state index in [1.54, 1.807) is 0 Å². The van der Waals surface area contributed by atoms with Gasteiger partial charge in [0, 0.05) is 11.8 Å². The predicted octanol–water partition coefficient (Wildman–Crippen LogP) is 4.17. The lowest BCUT2D eigenvalue weighted by Gasteiger charge is -2.19. The van der Waals surface area contributed by atoms with E-state index in [1.165, 1.54) is 5.56 Å². The van der Waals surface area contributed by atoms with Gasteiger partial charge in [0.05, 0.1) is 5.52 Å². The van der Waals surface area contributed by atoms with E-state index in [9.17, 15) is 5.26 Å². The Morgan fingerprint density at radius 2 is 1.76 bits per heavy atom. The Morgan fingerprint density at radius 1 is 1.05 bits per heavy atom. The van der Waals surface area contributed by atoms with Crippen molar-refractivity contribution >= 4 is 5.52 Å². The zero-order valence-corrected chi connectivity index (χ0v) is 12.5. The van der Waals surface area contributed by atoms with Gasteiger partial charge in [0.1, 0.15) is 11.9 Å². The van der Waals surface area contributed by atoms with Crippen LogP contribution >= 0.6 is 0 Å². The fourth-order valence-electron chi connectivity index (χ4n) is 2.44. The first kappa shape index (κ1) is 13.4. The quantitative estimate of drug-likeness (QED) is 0.668.